The van der Waals surface area contributed by atoms with Crippen molar-refractivity contribution in [3.8, 4) is 6.01 Å². The molecule has 4 unspecified atom stereocenters. The summed E-state index contributed by atoms with van der Waals surface area (Å²) in [6, 6.07) is -0.346. The van der Waals surface area contributed by atoms with E-state index >= 15 is 0 Å². The maximum atomic E-state index is 10.5. The highest BCUT2D eigenvalue weighted by molar-refractivity contribution is 5.81. The molecule has 4 aromatic heterocycles. The van der Waals surface area contributed by atoms with Gasteiger partial charge in [0.05, 0.1) is 25.5 Å². The molecule has 6 N–H and O–H groups in total. The Morgan fingerprint density at radius 1 is 1.07 bits per heavy atom. The van der Waals surface area contributed by atoms with Crippen molar-refractivity contribution in [2.24, 2.45) is 0 Å². The van der Waals surface area contributed by atoms with Gasteiger partial charge in [-0.2, -0.15) is 4.98 Å². The first-order chi connectivity index (χ1) is 14.5. The molecule has 1 aliphatic rings. The molecule has 0 spiro atoms. The average molecular weight is 414 g/mol. The Hall–Kier alpha value is -3.46. The van der Waals surface area contributed by atoms with Gasteiger partial charge in [-0.15, -0.1) is 0 Å². The van der Waals surface area contributed by atoms with Crippen LogP contribution in [0.2, 0.25) is 0 Å². The van der Waals surface area contributed by atoms with Crippen molar-refractivity contribution in [2.45, 2.75) is 31.2 Å². The van der Waals surface area contributed by atoms with Gasteiger partial charge in [0.2, 0.25) is 0 Å². The lowest BCUT2D eigenvalue weighted by molar-refractivity contribution is -0.0345. The number of nitrogens with two attached hydrogens (primary N) is 1. The number of ether oxygens (including phenoxy) is 1. The van der Waals surface area contributed by atoms with Crippen molar-refractivity contribution >= 4 is 28.1 Å². The summed E-state index contributed by atoms with van der Waals surface area (Å²) in [5.74, 6) is 0.215. The van der Waals surface area contributed by atoms with E-state index in [4.69, 9.17) is 10.5 Å². The van der Waals surface area contributed by atoms with Crippen LogP contribution in [0.1, 0.15) is 6.23 Å². The summed E-state index contributed by atoms with van der Waals surface area (Å²) < 4.78 is 9.07. The molecule has 1 saturated heterocycles. The number of nitrogens with zero attached hydrogens (tertiary/aromatic N) is 8. The van der Waals surface area contributed by atoms with Crippen molar-refractivity contribution in [3.05, 3.63) is 25.2 Å². The number of hydrogen-bond acceptors (Lipinski definition) is 12. The maximum Gasteiger partial charge on any atom is 0.315 e. The Kier molecular flexibility index (Phi) is 4.39. The van der Waals surface area contributed by atoms with E-state index in [1.165, 1.54) is 23.4 Å². The van der Waals surface area contributed by atoms with Crippen LogP contribution in [0.25, 0.3) is 22.3 Å². The van der Waals surface area contributed by atoms with E-state index in [-0.39, 0.29) is 25.0 Å². The molecular weight excluding hydrogens is 396 g/mol. The lowest BCUT2D eigenvalue weighted by atomic mass is 10.1. The van der Waals surface area contributed by atoms with Crippen molar-refractivity contribution in [1.82, 2.24) is 44.4 Å². The smallest absolute Gasteiger partial charge is 0.315 e. The second-order valence-electron chi connectivity index (χ2n) is 6.83. The Bertz CT molecular complexity index is 1210. The number of aliphatic hydroxyl groups excluding tert-OH is 2. The lowest BCUT2D eigenvalue weighted by Crippen LogP contribution is -2.38. The average Bonchev–Trinajstić information content (AvgIpc) is 3.41. The van der Waals surface area contributed by atoms with Gasteiger partial charge in [0.25, 0.3) is 0 Å². The van der Waals surface area contributed by atoms with E-state index in [2.05, 4.69) is 35.2 Å². The van der Waals surface area contributed by atoms with E-state index in [9.17, 15) is 15.3 Å². The van der Waals surface area contributed by atoms with Gasteiger partial charge in [0.1, 0.15) is 35.7 Å². The minimum absolute atomic E-state index is 0.215. The number of rotatable bonds is 5. The fraction of sp³-hybridized carbons (Fsp3) is 0.375. The predicted octanol–water partition coefficient (Wildman–Crippen LogP) is -1.88. The zero-order valence-electron chi connectivity index (χ0n) is 15.4. The molecular formula is C16H18N10O4. The third-order valence-electron chi connectivity index (χ3n) is 4.97. The van der Waals surface area contributed by atoms with Crippen molar-refractivity contribution in [3.63, 3.8) is 0 Å². The second kappa shape index (κ2) is 7.10. The molecule has 4 atom stereocenters. The Labute approximate surface area is 168 Å². The fourth-order valence-corrected chi connectivity index (χ4v) is 3.47. The second-order valence-corrected chi connectivity index (χ2v) is 6.83. The third kappa shape index (κ3) is 2.98. The molecule has 0 saturated carbocycles. The van der Waals surface area contributed by atoms with Crippen LogP contribution in [0.5, 0.6) is 6.01 Å². The zero-order chi connectivity index (χ0) is 20.8. The monoisotopic (exact) mass is 414 g/mol. The number of hydrogen-bond donors (Lipinski definition) is 5. The molecule has 156 valence electrons. The largest absolute Gasteiger partial charge is 0.479 e. The van der Waals surface area contributed by atoms with Crippen LogP contribution in [0.15, 0.2) is 25.2 Å². The summed E-state index contributed by atoms with van der Waals surface area (Å²) in [5, 5.41) is 33.5. The number of aliphatic hydroxyl groups is 2. The van der Waals surface area contributed by atoms with Crippen molar-refractivity contribution < 1.29 is 20.1 Å². The molecule has 0 amide bonds. The number of nitrogens with one attached hydrogen (secondary N) is 1. The predicted molar refractivity (Wildman–Crippen MR) is 101 cm³/mol. The minimum Gasteiger partial charge on any atom is -0.479 e. The van der Waals surface area contributed by atoms with Crippen LogP contribution in [0, 0.1) is 0 Å². The topological polar surface area (TPSA) is 195 Å². The van der Waals surface area contributed by atoms with Gasteiger partial charge in [0, 0.05) is 6.54 Å². The van der Waals surface area contributed by atoms with Gasteiger partial charge in [-0.1, -0.05) is 0 Å². The van der Waals surface area contributed by atoms with Gasteiger partial charge in [-0.3, -0.25) is 9.88 Å². The van der Waals surface area contributed by atoms with Crippen LogP contribution in [-0.4, -0.2) is 79.2 Å². The molecule has 1 aliphatic heterocycles. The lowest BCUT2D eigenvalue weighted by Gasteiger charge is -2.16. The SMILES string of the molecule is Nc1ncnc2c1ncn2C1OC(CNCn2cnc3cnc(O)nc32)C(O)C1O. The van der Waals surface area contributed by atoms with Crippen LogP contribution in [0.3, 0.4) is 0 Å². The standard InChI is InChI=1S/C16H18N10O4/c17-12-9-14(21-3-20-12)26(6-23-9)15-11(28)10(27)8(30-15)2-18-4-25-5-22-7-1-19-16(29)24-13(7)25/h1,3,5-6,8,10-11,15,18,27-28H,2,4H2,(H2,17,20,21)(H,19,24,29). The summed E-state index contributed by atoms with van der Waals surface area (Å²) in [6.45, 7) is 0.521. The molecule has 5 heterocycles. The van der Waals surface area contributed by atoms with Crippen LogP contribution >= 0.6 is 0 Å². The number of aromatic hydroxyl groups is 1. The summed E-state index contributed by atoms with van der Waals surface area (Å²) in [4.78, 5) is 24.0. The molecule has 0 radical (unpaired) electrons. The van der Waals surface area contributed by atoms with Gasteiger partial charge in [-0.05, 0) is 0 Å². The van der Waals surface area contributed by atoms with Crippen LogP contribution in [-0.2, 0) is 11.4 Å². The molecule has 14 heteroatoms. The molecule has 0 bridgehead atoms. The molecule has 5 rings (SSSR count). The summed E-state index contributed by atoms with van der Waals surface area (Å²) in [6.07, 6.45) is 1.81. The summed E-state index contributed by atoms with van der Waals surface area (Å²) in [5.41, 5.74) is 7.59. The van der Waals surface area contributed by atoms with Gasteiger partial charge < -0.3 is 30.4 Å². The molecule has 0 aromatic carbocycles. The molecule has 1 fully saturated rings. The summed E-state index contributed by atoms with van der Waals surface area (Å²) >= 11 is 0. The number of fused-ring (bicyclic) bond motifs is 2. The molecule has 4 aromatic rings. The minimum atomic E-state index is -1.19. The number of anilines is 1. The highest BCUT2D eigenvalue weighted by atomic mass is 16.6. The normalized spacial score (nSPS) is 24.2. The number of aromatic nitrogens is 8. The van der Waals surface area contributed by atoms with E-state index in [1.807, 2.05) is 0 Å². The molecule has 0 aliphatic carbocycles. The highest BCUT2D eigenvalue weighted by Gasteiger charge is 2.44. The first-order valence-corrected chi connectivity index (χ1v) is 9.05. The first kappa shape index (κ1) is 18.6. The van der Waals surface area contributed by atoms with Gasteiger partial charge >= 0.3 is 6.01 Å². The number of nitrogen functional groups attached to an aromatic ring is 1. The fourth-order valence-electron chi connectivity index (χ4n) is 3.47. The Morgan fingerprint density at radius 2 is 1.93 bits per heavy atom. The molecule has 30 heavy (non-hydrogen) atoms. The number of imidazole rings is 2. The quantitative estimate of drug-likeness (QED) is 0.244. The zero-order valence-corrected chi connectivity index (χ0v) is 15.4. The Morgan fingerprint density at radius 3 is 2.80 bits per heavy atom. The van der Waals surface area contributed by atoms with E-state index < -0.39 is 24.5 Å². The van der Waals surface area contributed by atoms with Crippen molar-refractivity contribution in [2.75, 3.05) is 12.3 Å². The summed E-state index contributed by atoms with van der Waals surface area (Å²) in [7, 11) is 0. The van der Waals surface area contributed by atoms with Gasteiger partial charge in [0.15, 0.2) is 23.3 Å². The van der Waals surface area contributed by atoms with E-state index in [0.29, 0.717) is 22.3 Å². The highest BCUT2D eigenvalue weighted by Crippen LogP contribution is 2.31. The van der Waals surface area contributed by atoms with Gasteiger partial charge in [-0.25, -0.2) is 24.9 Å². The third-order valence-corrected chi connectivity index (χ3v) is 4.97. The Balaban J connectivity index is 1.29. The maximum absolute atomic E-state index is 10.5. The van der Waals surface area contributed by atoms with Crippen LogP contribution in [0.4, 0.5) is 5.82 Å². The first-order valence-electron chi connectivity index (χ1n) is 9.05. The van der Waals surface area contributed by atoms with Crippen LogP contribution < -0.4 is 11.1 Å². The van der Waals surface area contributed by atoms with E-state index in [1.54, 1.807) is 10.9 Å². The van der Waals surface area contributed by atoms with E-state index in [0.717, 1.165) is 0 Å². The molecule has 14 nitrogen and oxygen atoms in total. The van der Waals surface area contributed by atoms with Crippen molar-refractivity contribution in [1.29, 1.82) is 0 Å².